The highest BCUT2D eigenvalue weighted by atomic mass is 32.2. The molecule has 1 heterocycles. The van der Waals surface area contributed by atoms with Crippen molar-refractivity contribution in [2.45, 2.75) is 58.5 Å². The van der Waals surface area contributed by atoms with Crippen molar-refractivity contribution in [3.63, 3.8) is 0 Å². The van der Waals surface area contributed by atoms with Crippen LogP contribution in [0.2, 0.25) is 0 Å². The molecular weight excluding hydrogens is 528 g/mol. The van der Waals surface area contributed by atoms with Crippen LogP contribution in [0.5, 0.6) is 0 Å². The van der Waals surface area contributed by atoms with Gasteiger partial charge in [0.15, 0.2) is 0 Å². The van der Waals surface area contributed by atoms with E-state index in [0.29, 0.717) is 26.1 Å². The molecule has 40 heavy (non-hydrogen) atoms. The van der Waals surface area contributed by atoms with E-state index in [-0.39, 0.29) is 36.9 Å². The highest BCUT2D eigenvalue weighted by Gasteiger charge is 2.31. The molecule has 1 fully saturated rings. The number of carbonyl (C=O) groups is 4. The second kappa shape index (κ2) is 18.3. The van der Waals surface area contributed by atoms with E-state index in [1.54, 1.807) is 4.90 Å². The number of benzene rings is 2. The maximum atomic E-state index is 12.8. The van der Waals surface area contributed by atoms with Gasteiger partial charge in [-0.15, -0.1) is 0 Å². The highest BCUT2D eigenvalue weighted by Crippen LogP contribution is 2.23. The van der Waals surface area contributed by atoms with Gasteiger partial charge in [0.2, 0.25) is 17.7 Å². The predicted molar refractivity (Wildman–Crippen MR) is 161 cm³/mol. The first-order valence-electron chi connectivity index (χ1n) is 14.0. The fourth-order valence-electron chi connectivity index (χ4n) is 4.74. The minimum Gasteiger partial charge on any atom is -0.480 e. The molecule has 0 saturated carbocycles. The van der Waals surface area contributed by atoms with Crippen molar-refractivity contribution in [1.82, 2.24) is 20.4 Å². The Balaban J connectivity index is 0.00000103. The molecule has 1 atom stereocenters. The quantitative estimate of drug-likeness (QED) is 0.317. The van der Waals surface area contributed by atoms with E-state index in [2.05, 4.69) is 23.8 Å². The zero-order chi connectivity index (χ0) is 29.3. The van der Waals surface area contributed by atoms with Crippen LogP contribution in [-0.4, -0.2) is 89.4 Å². The lowest BCUT2D eigenvalue weighted by molar-refractivity contribution is -0.138. The van der Waals surface area contributed by atoms with Crippen molar-refractivity contribution < 1.29 is 24.3 Å². The van der Waals surface area contributed by atoms with Crippen LogP contribution in [0.3, 0.4) is 0 Å². The lowest BCUT2D eigenvalue weighted by atomic mass is 10.0. The standard InChI is InChI=1S/C26H34N4O5.C4H10S/c1-2-7-23(31)27-14-25(33)30-13-6-11-21(30)17-29(18-24(32)28-15-26(34)35)16-20-10-5-9-19-8-3-4-12-22(19)20;1-3-4-5-2/h3-5,8-10,12,21H,2,6-7,11,13-18H2,1H3,(H,27,31)(H,28,32)(H,34,35);3-4H2,1-2H3. The first kappa shape index (κ1) is 33.1. The number of hydrogen-bond donors (Lipinski definition) is 3. The monoisotopic (exact) mass is 572 g/mol. The molecule has 3 N–H and O–H groups in total. The van der Waals surface area contributed by atoms with E-state index >= 15 is 0 Å². The molecule has 3 rings (SSSR count). The molecule has 0 aromatic heterocycles. The summed E-state index contributed by atoms with van der Waals surface area (Å²) in [6, 6.07) is 14.0. The average Bonchev–Trinajstić information content (AvgIpc) is 3.40. The van der Waals surface area contributed by atoms with Crippen LogP contribution >= 0.6 is 11.8 Å². The van der Waals surface area contributed by atoms with Crippen molar-refractivity contribution in [3.8, 4) is 0 Å². The van der Waals surface area contributed by atoms with Crippen LogP contribution in [0.15, 0.2) is 42.5 Å². The van der Waals surface area contributed by atoms with E-state index in [0.717, 1.165) is 35.6 Å². The van der Waals surface area contributed by atoms with Gasteiger partial charge in [0.1, 0.15) is 6.54 Å². The summed E-state index contributed by atoms with van der Waals surface area (Å²) in [6.45, 7) is 5.21. The van der Waals surface area contributed by atoms with Gasteiger partial charge in [0.25, 0.3) is 0 Å². The number of likely N-dealkylation sites (tertiary alicyclic amines) is 1. The molecule has 0 spiro atoms. The Kier molecular flexibility index (Phi) is 15.1. The summed E-state index contributed by atoms with van der Waals surface area (Å²) in [5, 5.41) is 16.2. The first-order chi connectivity index (χ1) is 19.3. The second-order valence-corrected chi connectivity index (χ2v) is 10.9. The van der Waals surface area contributed by atoms with Crippen LogP contribution in [-0.2, 0) is 25.7 Å². The molecule has 1 unspecified atom stereocenters. The van der Waals surface area contributed by atoms with Gasteiger partial charge in [-0.2, -0.15) is 11.8 Å². The van der Waals surface area contributed by atoms with Gasteiger partial charge in [0, 0.05) is 32.1 Å². The van der Waals surface area contributed by atoms with Crippen molar-refractivity contribution in [2.75, 3.05) is 44.7 Å². The number of hydrogen-bond acceptors (Lipinski definition) is 6. The van der Waals surface area contributed by atoms with E-state index < -0.39 is 12.5 Å². The summed E-state index contributed by atoms with van der Waals surface area (Å²) in [5.74, 6) is -0.436. The molecule has 1 saturated heterocycles. The lowest BCUT2D eigenvalue weighted by Gasteiger charge is -2.31. The third kappa shape index (κ3) is 11.6. The maximum absolute atomic E-state index is 12.8. The molecule has 10 heteroatoms. The average molecular weight is 573 g/mol. The van der Waals surface area contributed by atoms with Gasteiger partial charge < -0.3 is 20.6 Å². The summed E-state index contributed by atoms with van der Waals surface area (Å²) in [6.07, 6.45) is 6.20. The summed E-state index contributed by atoms with van der Waals surface area (Å²) in [5.41, 5.74) is 1.05. The Hall–Kier alpha value is -3.11. The fraction of sp³-hybridized carbons (Fsp3) is 0.533. The number of thioether (sulfide) groups is 1. The molecule has 0 aliphatic carbocycles. The molecular formula is C30H44N4O5S. The van der Waals surface area contributed by atoms with E-state index in [4.69, 9.17) is 5.11 Å². The second-order valence-electron chi connectivity index (χ2n) is 9.88. The Bertz CT molecular complexity index is 1110. The van der Waals surface area contributed by atoms with Gasteiger partial charge in [-0.3, -0.25) is 24.1 Å². The van der Waals surface area contributed by atoms with Gasteiger partial charge in [-0.1, -0.05) is 56.3 Å². The third-order valence-corrected chi connectivity index (χ3v) is 7.38. The SMILES string of the molecule is CCCC(=O)NCC(=O)N1CCCC1CN(CC(=O)NCC(=O)O)Cc1cccc2ccccc12.CCCSC. The van der Waals surface area contributed by atoms with E-state index in [1.165, 1.54) is 12.2 Å². The number of nitrogens with zero attached hydrogens (tertiary/aromatic N) is 2. The molecule has 2 aromatic carbocycles. The topological polar surface area (TPSA) is 119 Å². The number of rotatable bonds is 14. The van der Waals surface area contributed by atoms with Crippen molar-refractivity contribution in [1.29, 1.82) is 0 Å². The van der Waals surface area contributed by atoms with Crippen LogP contribution < -0.4 is 10.6 Å². The Labute approximate surface area is 242 Å². The maximum Gasteiger partial charge on any atom is 0.322 e. The molecule has 0 bridgehead atoms. The number of aliphatic carboxylic acids is 1. The van der Waals surface area contributed by atoms with Gasteiger partial charge in [0.05, 0.1) is 13.1 Å². The smallest absolute Gasteiger partial charge is 0.322 e. The molecule has 220 valence electrons. The van der Waals surface area contributed by atoms with Crippen LogP contribution in [0, 0.1) is 0 Å². The van der Waals surface area contributed by atoms with Crippen molar-refractivity contribution >= 4 is 46.2 Å². The predicted octanol–water partition coefficient (Wildman–Crippen LogP) is 3.51. The number of fused-ring (bicyclic) bond motifs is 1. The normalized spacial score (nSPS) is 14.5. The van der Waals surface area contributed by atoms with Crippen LogP contribution in [0.4, 0.5) is 0 Å². The summed E-state index contributed by atoms with van der Waals surface area (Å²) in [7, 11) is 0. The minimum absolute atomic E-state index is 0.0161. The van der Waals surface area contributed by atoms with Crippen molar-refractivity contribution in [3.05, 3.63) is 48.0 Å². The largest absolute Gasteiger partial charge is 0.480 e. The van der Waals surface area contributed by atoms with Crippen LogP contribution in [0.25, 0.3) is 10.8 Å². The Morgan fingerprint density at radius 2 is 1.73 bits per heavy atom. The number of carboxylic acid groups (broad SMARTS) is 1. The molecule has 1 aliphatic heterocycles. The third-order valence-electron chi connectivity index (χ3n) is 6.57. The Morgan fingerprint density at radius 1 is 1.00 bits per heavy atom. The first-order valence-corrected chi connectivity index (χ1v) is 15.4. The zero-order valence-corrected chi connectivity index (χ0v) is 24.8. The Morgan fingerprint density at radius 3 is 2.40 bits per heavy atom. The molecule has 0 radical (unpaired) electrons. The van der Waals surface area contributed by atoms with Crippen molar-refractivity contribution in [2.24, 2.45) is 0 Å². The summed E-state index contributed by atoms with van der Waals surface area (Å²) in [4.78, 5) is 51.7. The fourth-order valence-corrected chi connectivity index (χ4v) is 5.14. The number of carbonyl (C=O) groups excluding carboxylic acids is 3. The highest BCUT2D eigenvalue weighted by molar-refractivity contribution is 7.98. The van der Waals surface area contributed by atoms with E-state index in [1.807, 2.05) is 66.1 Å². The van der Waals surface area contributed by atoms with Gasteiger partial charge in [-0.25, -0.2) is 0 Å². The van der Waals surface area contributed by atoms with Gasteiger partial charge in [-0.05, 0) is 54.0 Å². The van der Waals surface area contributed by atoms with Gasteiger partial charge >= 0.3 is 5.97 Å². The van der Waals surface area contributed by atoms with E-state index in [9.17, 15) is 19.2 Å². The molecule has 3 amide bonds. The summed E-state index contributed by atoms with van der Waals surface area (Å²) < 4.78 is 0. The lowest BCUT2D eigenvalue weighted by Crippen LogP contribution is -2.48. The molecule has 9 nitrogen and oxygen atoms in total. The van der Waals surface area contributed by atoms with Crippen LogP contribution in [0.1, 0.15) is 51.5 Å². The summed E-state index contributed by atoms with van der Waals surface area (Å²) >= 11 is 1.90. The number of nitrogens with one attached hydrogen (secondary N) is 2. The number of carboxylic acids is 1. The number of amides is 3. The zero-order valence-electron chi connectivity index (χ0n) is 24.0. The minimum atomic E-state index is -1.10. The molecule has 1 aliphatic rings. The molecule has 2 aromatic rings.